The van der Waals surface area contributed by atoms with E-state index in [9.17, 15) is 4.79 Å². The molecular weight excluding hydrogens is 410 g/mol. The summed E-state index contributed by atoms with van der Waals surface area (Å²) in [5.74, 6) is 0.768. The van der Waals surface area contributed by atoms with E-state index in [1.165, 1.54) is 34.9 Å². The number of ether oxygens (including phenoxy) is 1. The Morgan fingerprint density at radius 1 is 1.06 bits per heavy atom. The van der Waals surface area contributed by atoms with Crippen LogP contribution in [0.3, 0.4) is 0 Å². The number of fused-ring (bicyclic) bond motifs is 1. The van der Waals surface area contributed by atoms with Gasteiger partial charge in [0.1, 0.15) is 5.60 Å². The van der Waals surface area contributed by atoms with Gasteiger partial charge in [-0.15, -0.1) is 0 Å². The van der Waals surface area contributed by atoms with E-state index in [0.717, 1.165) is 44.1 Å². The Labute approximate surface area is 195 Å². The number of hydrogen-bond donors (Lipinski definition) is 0. The van der Waals surface area contributed by atoms with Crippen molar-refractivity contribution < 1.29 is 9.53 Å². The summed E-state index contributed by atoms with van der Waals surface area (Å²) < 4.78 is 8.39. The van der Waals surface area contributed by atoms with Gasteiger partial charge >= 0.3 is 6.09 Å². The highest BCUT2D eigenvalue weighted by Gasteiger charge is 2.47. The SMILES string of the molecule is CC(C)n1cc(CN2CCC3(CC2)CN(c2ccccc2)C(=O)O3)c2cc(C3CC3)ccc21. The van der Waals surface area contributed by atoms with E-state index in [1.807, 2.05) is 30.3 Å². The number of carbonyl (C=O) groups is 1. The summed E-state index contributed by atoms with van der Waals surface area (Å²) in [5.41, 5.74) is 4.85. The number of piperidine rings is 1. The minimum atomic E-state index is -0.353. The lowest BCUT2D eigenvalue weighted by Gasteiger charge is -2.37. The highest BCUT2D eigenvalue weighted by atomic mass is 16.6. The molecule has 5 nitrogen and oxygen atoms in total. The highest BCUT2D eigenvalue weighted by molar-refractivity contribution is 5.90. The lowest BCUT2D eigenvalue weighted by atomic mass is 9.91. The van der Waals surface area contributed by atoms with Crippen LogP contribution in [-0.4, -0.2) is 40.8 Å². The number of amides is 1. The van der Waals surface area contributed by atoms with Gasteiger partial charge in [0.25, 0.3) is 0 Å². The van der Waals surface area contributed by atoms with Crippen molar-refractivity contribution >= 4 is 22.7 Å². The van der Waals surface area contributed by atoms with E-state index in [2.05, 4.69) is 47.7 Å². The highest BCUT2D eigenvalue weighted by Crippen LogP contribution is 2.42. The molecule has 3 aliphatic rings. The number of aromatic nitrogens is 1. The Morgan fingerprint density at radius 3 is 2.52 bits per heavy atom. The third-order valence-electron chi connectivity index (χ3n) is 7.74. The lowest BCUT2D eigenvalue weighted by molar-refractivity contribution is -0.000890. The average molecular weight is 444 g/mol. The van der Waals surface area contributed by atoms with Gasteiger partial charge in [0.15, 0.2) is 0 Å². The second kappa shape index (κ2) is 7.91. The second-order valence-electron chi connectivity index (χ2n) is 10.5. The smallest absolute Gasteiger partial charge is 0.415 e. The summed E-state index contributed by atoms with van der Waals surface area (Å²) in [6.07, 6.45) is 6.60. The Hall–Kier alpha value is -2.79. The van der Waals surface area contributed by atoms with Crippen molar-refractivity contribution in [1.82, 2.24) is 9.47 Å². The predicted molar refractivity (Wildman–Crippen MR) is 132 cm³/mol. The molecule has 3 heterocycles. The summed E-state index contributed by atoms with van der Waals surface area (Å²) in [4.78, 5) is 16.9. The Balaban J connectivity index is 1.18. The van der Waals surface area contributed by atoms with Crippen LogP contribution in [0.5, 0.6) is 0 Å². The van der Waals surface area contributed by atoms with Crippen LogP contribution in [0.1, 0.15) is 62.6 Å². The molecule has 1 saturated carbocycles. The van der Waals surface area contributed by atoms with Gasteiger partial charge in [0.2, 0.25) is 0 Å². The molecule has 3 fully saturated rings. The molecule has 0 radical (unpaired) electrons. The number of anilines is 1. The van der Waals surface area contributed by atoms with Crippen molar-refractivity contribution in [2.75, 3.05) is 24.5 Å². The standard InChI is InChI=1S/C28H33N3O2/c1-20(2)30-18-23(25-16-22(21-8-9-21)10-11-26(25)30)17-29-14-12-28(13-15-29)19-31(27(32)33-28)24-6-4-3-5-7-24/h3-7,10-11,16,18,20-21H,8-9,12-15,17,19H2,1-2H3. The Kier molecular flexibility index (Phi) is 4.98. The number of benzene rings is 2. The third kappa shape index (κ3) is 3.82. The Morgan fingerprint density at radius 2 is 1.82 bits per heavy atom. The quantitative estimate of drug-likeness (QED) is 0.479. The van der Waals surface area contributed by atoms with Gasteiger partial charge in [0, 0.05) is 61.3 Å². The molecule has 33 heavy (non-hydrogen) atoms. The number of nitrogens with zero attached hydrogens (tertiary/aromatic N) is 3. The molecule has 2 aromatic carbocycles. The molecule has 1 amide bonds. The van der Waals surface area contributed by atoms with Crippen molar-refractivity contribution in [3.8, 4) is 0 Å². The van der Waals surface area contributed by atoms with E-state index >= 15 is 0 Å². The molecule has 5 heteroatoms. The van der Waals surface area contributed by atoms with E-state index in [1.54, 1.807) is 4.90 Å². The zero-order chi connectivity index (χ0) is 22.6. The van der Waals surface area contributed by atoms with Crippen LogP contribution in [0.25, 0.3) is 10.9 Å². The molecule has 1 aromatic heterocycles. The minimum absolute atomic E-state index is 0.206. The normalized spacial score (nSPS) is 20.8. The van der Waals surface area contributed by atoms with Gasteiger partial charge in [-0.05, 0) is 68.0 Å². The molecule has 1 spiro atoms. The van der Waals surface area contributed by atoms with Crippen molar-refractivity contribution in [1.29, 1.82) is 0 Å². The fourth-order valence-corrected chi connectivity index (χ4v) is 5.62. The fraction of sp³-hybridized carbons (Fsp3) is 0.464. The van der Waals surface area contributed by atoms with Crippen molar-refractivity contribution in [3.05, 3.63) is 65.9 Å². The first kappa shape index (κ1) is 20.8. The van der Waals surface area contributed by atoms with Crippen LogP contribution in [0.15, 0.2) is 54.7 Å². The average Bonchev–Trinajstić information content (AvgIpc) is 3.54. The maximum absolute atomic E-state index is 12.6. The molecule has 172 valence electrons. The molecule has 1 aliphatic carbocycles. The molecule has 0 N–H and O–H groups in total. The molecular formula is C28H33N3O2. The molecule has 0 unspecified atom stereocenters. The molecule has 6 rings (SSSR count). The number of carbonyl (C=O) groups excluding carboxylic acids is 1. The molecule has 0 bridgehead atoms. The Bertz CT molecular complexity index is 1170. The predicted octanol–water partition coefficient (Wildman–Crippen LogP) is 6.09. The summed E-state index contributed by atoms with van der Waals surface area (Å²) in [7, 11) is 0. The second-order valence-corrected chi connectivity index (χ2v) is 10.5. The number of rotatable bonds is 5. The molecule has 2 saturated heterocycles. The van der Waals surface area contributed by atoms with Crippen LogP contribution < -0.4 is 4.90 Å². The topological polar surface area (TPSA) is 37.7 Å². The van der Waals surface area contributed by atoms with Gasteiger partial charge in [-0.1, -0.05) is 24.3 Å². The first-order chi connectivity index (χ1) is 16.0. The van der Waals surface area contributed by atoms with Gasteiger partial charge in [0.05, 0.1) is 6.54 Å². The van der Waals surface area contributed by atoms with Crippen LogP contribution in [-0.2, 0) is 11.3 Å². The lowest BCUT2D eigenvalue weighted by Crippen LogP contribution is -2.46. The van der Waals surface area contributed by atoms with E-state index < -0.39 is 0 Å². The van der Waals surface area contributed by atoms with Crippen molar-refractivity contribution in [2.45, 2.75) is 63.6 Å². The summed E-state index contributed by atoms with van der Waals surface area (Å²) >= 11 is 0. The first-order valence-electron chi connectivity index (χ1n) is 12.4. The van der Waals surface area contributed by atoms with Crippen LogP contribution >= 0.6 is 0 Å². The number of likely N-dealkylation sites (tertiary alicyclic amines) is 1. The fourth-order valence-electron chi connectivity index (χ4n) is 5.62. The van der Waals surface area contributed by atoms with Gasteiger partial charge < -0.3 is 9.30 Å². The van der Waals surface area contributed by atoms with Crippen LogP contribution in [0.4, 0.5) is 10.5 Å². The zero-order valence-electron chi connectivity index (χ0n) is 19.7. The first-order valence-corrected chi connectivity index (χ1v) is 12.4. The van der Waals surface area contributed by atoms with E-state index in [0.29, 0.717) is 12.6 Å². The van der Waals surface area contributed by atoms with E-state index in [-0.39, 0.29) is 11.7 Å². The van der Waals surface area contributed by atoms with Crippen LogP contribution in [0, 0.1) is 0 Å². The van der Waals surface area contributed by atoms with Gasteiger partial charge in [-0.3, -0.25) is 9.80 Å². The van der Waals surface area contributed by atoms with Gasteiger partial charge in [-0.25, -0.2) is 4.79 Å². The maximum atomic E-state index is 12.6. The van der Waals surface area contributed by atoms with Crippen molar-refractivity contribution in [3.63, 3.8) is 0 Å². The van der Waals surface area contributed by atoms with Gasteiger partial charge in [-0.2, -0.15) is 0 Å². The summed E-state index contributed by atoms with van der Waals surface area (Å²) in [5, 5.41) is 1.41. The molecule has 3 aromatic rings. The zero-order valence-corrected chi connectivity index (χ0v) is 19.7. The molecule has 0 atom stereocenters. The largest absolute Gasteiger partial charge is 0.441 e. The maximum Gasteiger partial charge on any atom is 0.415 e. The number of para-hydroxylation sites is 1. The summed E-state index contributed by atoms with van der Waals surface area (Å²) in [6.45, 7) is 8.03. The monoisotopic (exact) mass is 443 g/mol. The van der Waals surface area contributed by atoms with E-state index in [4.69, 9.17) is 4.74 Å². The minimum Gasteiger partial charge on any atom is -0.441 e. The molecule has 2 aliphatic heterocycles. The van der Waals surface area contributed by atoms with Crippen molar-refractivity contribution in [2.24, 2.45) is 0 Å². The van der Waals surface area contributed by atoms with Crippen LogP contribution in [0.2, 0.25) is 0 Å². The third-order valence-corrected chi connectivity index (χ3v) is 7.74. The summed E-state index contributed by atoms with van der Waals surface area (Å²) in [6, 6.07) is 17.4. The number of hydrogen-bond acceptors (Lipinski definition) is 3.